The van der Waals surface area contributed by atoms with Crippen molar-refractivity contribution in [3.05, 3.63) is 29.8 Å². The number of rotatable bonds is 8. The fourth-order valence-corrected chi connectivity index (χ4v) is 3.73. The number of hydrogen-bond donors (Lipinski definition) is 1. The second-order valence-electron chi connectivity index (χ2n) is 8.28. The Bertz CT molecular complexity index is 709. The Hall–Kier alpha value is -2.32. The first kappa shape index (κ1) is 23.3. The van der Waals surface area contributed by atoms with Gasteiger partial charge in [-0.1, -0.05) is 12.1 Å². The Morgan fingerprint density at radius 3 is 2.58 bits per heavy atom. The molecule has 2 aliphatic heterocycles. The average molecular weight is 433 g/mol. The summed E-state index contributed by atoms with van der Waals surface area (Å²) in [7, 11) is 5.18. The zero-order valence-electron chi connectivity index (χ0n) is 19.0. The second kappa shape index (κ2) is 11.9. The van der Waals surface area contributed by atoms with Crippen LogP contribution in [0.1, 0.15) is 31.2 Å². The molecule has 31 heavy (non-hydrogen) atoms. The summed E-state index contributed by atoms with van der Waals surface area (Å²) in [5.41, 5.74) is 1.09. The highest BCUT2D eigenvalue weighted by Crippen LogP contribution is 2.18. The van der Waals surface area contributed by atoms with Gasteiger partial charge >= 0.3 is 0 Å². The van der Waals surface area contributed by atoms with Crippen LogP contribution in [0.2, 0.25) is 0 Å². The maximum absolute atomic E-state index is 12.1. The van der Waals surface area contributed by atoms with Gasteiger partial charge in [0.2, 0.25) is 5.91 Å². The van der Waals surface area contributed by atoms with Crippen molar-refractivity contribution in [3.63, 3.8) is 0 Å². The zero-order valence-corrected chi connectivity index (χ0v) is 19.0. The molecule has 2 saturated heterocycles. The largest absolute Gasteiger partial charge is 0.497 e. The van der Waals surface area contributed by atoms with Gasteiger partial charge in [-0.3, -0.25) is 4.79 Å². The first-order chi connectivity index (χ1) is 15.0. The van der Waals surface area contributed by atoms with Crippen LogP contribution in [-0.2, 0) is 20.8 Å². The van der Waals surface area contributed by atoms with E-state index in [0.717, 1.165) is 62.7 Å². The number of likely N-dealkylation sites (tertiary alicyclic amines) is 1. The summed E-state index contributed by atoms with van der Waals surface area (Å²) in [6.45, 7) is 4.01. The van der Waals surface area contributed by atoms with E-state index in [1.807, 2.05) is 24.3 Å². The lowest BCUT2D eigenvalue weighted by molar-refractivity contribution is -0.127. The van der Waals surface area contributed by atoms with Gasteiger partial charge in [-0.2, -0.15) is 0 Å². The minimum Gasteiger partial charge on any atom is -0.497 e. The van der Waals surface area contributed by atoms with E-state index in [9.17, 15) is 4.79 Å². The number of carbonyl (C=O) groups is 1. The molecule has 172 valence electrons. The molecule has 1 aromatic carbocycles. The van der Waals surface area contributed by atoms with E-state index in [-0.39, 0.29) is 24.7 Å². The van der Waals surface area contributed by atoms with Crippen LogP contribution in [0, 0.1) is 0 Å². The third-order valence-electron chi connectivity index (χ3n) is 5.75. The van der Waals surface area contributed by atoms with E-state index in [0.29, 0.717) is 13.2 Å². The van der Waals surface area contributed by atoms with Gasteiger partial charge in [-0.25, -0.2) is 4.99 Å². The lowest BCUT2D eigenvalue weighted by Crippen LogP contribution is -2.49. The van der Waals surface area contributed by atoms with E-state index < -0.39 is 0 Å². The topological polar surface area (TPSA) is 75.6 Å². The van der Waals surface area contributed by atoms with E-state index in [1.54, 1.807) is 26.1 Å². The Morgan fingerprint density at radius 2 is 1.97 bits per heavy atom. The maximum Gasteiger partial charge on any atom is 0.241 e. The molecule has 0 aliphatic carbocycles. The summed E-state index contributed by atoms with van der Waals surface area (Å²) in [5, 5.41) is 3.25. The monoisotopic (exact) mass is 432 g/mol. The number of hydrogen-bond acceptors (Lipinski definition) is 5. The highest BCUT2D eigenvalue weighted by atomic mass is 16.5. The predicted molar refractivity (Wildman–Crippen MR) is 120 cm³/mol. The van der Waals surface area contributed by atoms with Crippen LogP contribution in [0.15, 0.2) is 29.3 Å². The standard InChI is InChI=1S/C23H36N4O4/c1-26(2)22(28)16-25-23(24-15-18-6-8-19(29-3)9-7-18)27-12-10-20(11-13-27)31-17-21-5-4-14-30-21/h6-9,20-21H,4-5,10-17H2,1-3H3,(H,24,25). The first-order valence-electron chi connectivity index (χ1n) is 11.1. The molecule has 1 N–H and O–H groups in total. The van der Waals surface area contributed by atoms with Crippen LogP contribution in [0.25, 0.3) is 0 Å². The molecule has 1 unspecified atom stereocenters. The fraction of sp³-hybridized carbons (Fsp3) is 0.652. The summed E-state index contributed by atoms with van der Waals surface area (Å²) in [4.78, 5) is 20.7. The van der Waals surface area contributed by atoms with E-state index in [2.05, 4.69) is 10.2 Å². The van der Waals surface area contributed by atoms with Gasteiger partial charge < -0.3 is 29.3 Å². The number of ether oxygens (including phenoxy) is 3. The minimum absolute atomic E-state index is 0.0203. The molecule has 3 rings (SSSR count). The van der Waals surface area contributed by atoms with Crippen LogP contribution in [0.4, 0.5) is 0 Å². The first-order valence-corrected chi connectivity index (χ1v) is 11.1. The molecular weight excluding hydrogens is 396 g/mol. The van der Waals surface area contributed by atoms with Gasteiger partial charge in [0.1, 0.15) is 5.75 Å². The molecule has 0 bridgehead atoms. The lowest BCUT2D eigenvalue weighted by atomic mass is 10.1. The molecule has 1 amide bonds. The van der Waals surface area contributed by atoms with Crippen molar-refractivity contribution < 1.29 is 19.0 Å². The summed E-state index contributed by atoms with van der Waals surface area (Å²) >= 11 is 0. The number of piperidine rings is 1. The van der Waals surface area contributed by atoms with Gasteiger partial charge in [0.25, 0.3) is 0 Å². The van der Waals surface area contributed by atoms with Crippen molar-refractivity contribution in [2.45, 2.75) is 44.4 Å². The summed E-state index contributed by atoms with van der Waals surface area (Å²) in [5.74, 6) is 1.61. The van der Waals surface area contributed by atoms with Gasteiger partial charge in [-0.05, 0) is 43.4 Å². The highest BCUT2D eigenvalue weighted by Gasteiger charge is 2.24. The van der Waals surface area contributed by atoms with Crippen LogP contribution in [-0.4, -0.2) is 87.9 Å². The van der Waals surface area contributed by atoms with Crippen molar-refractivity contribution in [1.82, 2.24) is 15.1 Å². The second-order valence-corrected chi connectivity index (χ2v) is 8.28. The number of guanidine groups is 1. The quantitative estimate of drug-likeness (QED) is 0.500. The van der Waals surface area contributed by atoms with Gasteiger partial charge in [0, 0.05) is 33.8 Å². The van der Waals surface area contributed by atoms with E-state index in [1.165, 1.54) is 0 Å². The molecule has 0 radical (unpaired) electrons. The average Bonchev–Trinajstić information content (AvgIpc) is 3.32. The van der Waals surface area contributed by atoms with E-state index >= 15 is 0 Å². The number of likely N-dealkylation sites (N-methyl/N-ethyl adjacent to an activating group) is 1. The molecule has 2 fully saturated rings. The summed E-state index contributed by atoms with van der Waals surface area (Å²) in [6, 6.07) is 7.89. The third kappa shape index (κ3) is 7.40. The molecule has 2 aliphatic rings. The maximum atomic E-state index is 12.1. The van der Waals surface area contributed by atoms with Crippen LogP contribution >= 0.6 is 0 Å². The van der Waals surface area contributed by atoms with Crippen molar-refractivity contribution in [3.8, 4) is 5.75 Å². The molecule has 8 heteroatoms. The predicted octanol–water partition coefficient (Wildman–Crippen LogP) is 1.89. The molecule has 0 aromatic heterocycles. The van der Waals surface area contributed by atoms with Crippen LogP contribution < -0.4 is 10.1 Å². The minimum atomic E-state index is 0.0203. The zero-order chi connectivity index (χ0) is 22.1. The smallest absolute Gasteiger partial charge is 0.241 e. The Labute approximate surface area is 185 Å². The molecule has 1 atom stereocenters. The molecule has 0 saturated carbocycles. The fourth-order valence-electron chi connectivity index (χ4n) is 3.73. The van der Waals surface area contributed by atoms with Crippen molar-refractivity contribution in [2.75, 3.05) is 54.1 Å². The third-order valence-corrected chi connectivity index (χ3v) is 5.75. The Balaban J connectivity index is 1.55. The van der Waals surface area contributed by atoms with Gasteiger partial charge in [-0.15, -0.1) is 0 Å². The van der Waals surface area contributed by atoms with Crippen molar-refractivity contribution >= 4 is 11.9 Å². The molecule has 1 aromatic rings. The van der Waals surface area contributed by atoms with Crippen LogP contribution in [0.3, 0.4) is 0 Å². The van der Waals surface area contributed by atoms with Crippen molar-refractivity contribution in [1.29, 1.82) is 0 Å². The lowest BCUT2D eigenvalue weighted by Gasteiger charge is -2.34. The summed E-state index contributed by atoms with van der Waals surface area (Å²) < 4.78 is 17.0. The van der Waals surface area contributed by atoms with Crippen molar-refractivity contribution in [2.24, 2.45) is 4.99 Å². The number of aliphatic imine (C=N–C) groups is 1. The van der Waals surface area contributed by atoms with Crippen LogP contribution in [0.5, 0.6) is 5.75 Å². The molecular formula is C23H36N4O4. The highest BCUT2D eigenvalue weighted by molar-refractivity contribution is 5.86. The number of carbonyl (C=O) groups excluding carboxylic acids is 1. The molecule has 0 spiro atoms. The van der Waals surface area contributed by atoms with Gasteiger partial charge in [0.05, 0.1) is 39.0 Å². The summed E-state index contributed by atoms with van der Waals surface area (Å²) in [6.07, 6.45) is 4.64. The molecule has 8 nitrogen and oxygen atoms in total. The number of amides is 1. The molecule has 2 heterocycles. The Morgan fingerprint density at radius 1 is 1.23 bits per heavy atom. The normalized spacial score (nSPS) is 20.0. The van der Waals surface area contributed by atoms with E-state index in [4.69, 9.17) is 19.2 Å². The number of benzene rings is 1. The number of methoxy groups -OCH3 is 1. The SMILES string of the molecule is COc1ccc(CN=C(NCC(=O)N(C)C)N2CCC(OCC3CCCO3)CC2)cc1. The Kier molecular flexibility index (Phi) is 8.97. The van der Waals surface area contributed by atoms with Gasteiger partial charge in [0.15, 0.2) is 5.96 Å². The number of nitrogens with zero attached hydrogens (tertiary/aromatic N) is 3. The number of nitrogens with one attached hydrogen (secondary N) is 1.